The number of halogens is 1. The number of thiazole rings is 1. The van der Waals surface area contributed by atoms with Crippen molar-refractivity contribution in [1.82, 2.24) is 4.98 Å². The van der Waals surface area contributed by atoms with Gasteiger partial charge in [-0.2, -0.15) is 0 Å². The van der Waals surface area contributed by atoms with Crippen LogP contribution < -0.4 is 11.1 Å². The third-order valence-electron chi connectivity index (χ3n) is 2.73. The number of rotatable bonds is 3. The highest BCUT2D eigenvalue weighted by Crippen LogP contribution is 2.31. The van der Waals surface area contributed by atoms with Crippen molar-refractivity contribution in [1.29, 1.82) is 0 Å². The Kier molecular flexibility index (Phi) is 3.92. The lowest BCUT2D eigenvalue weighted by Crippen LogP contribution is -2.07. The van der Waals surface area contributed by atoms with Crippen LogP contribution in [0, 0.1) is 13.8 Å². The minimum atomic E-state index is 0.183. The van der Waals surface area contributed by atoms with Crippen LogP contribution in [0.25, 0.3) is 0 Å². The molecule has 96 valence electrons. The van der Waals surface area contributed by atoms with E-state index < -0.39 is 0 Å². The molecule has 0 spiro atoms. The van der Waals surface area contributed by atoms with Crippen LogP contribution in [0.5, 0.6) is 0 Å². The molecule has 3 N–H and O–H groups in total. The molecule has 0 fully saturated rings. The summed E-state index contributed by atoms with van der Waals surface area (Å²) in [7, 11) is 0. The monoisotopic (exact) mass is 325 g/mol. The highest BCUT2D eigenvalue weighted by Gasteiger charge is 2.11. The van der Waals surface area contributed by atoms with E-state index in [2.05, 4.69) is 44.6 Å². The van der Waals surface area contributed by atoms with Gasteiger partial charge in [0.05, 0.1) is 6.04 Å². The zero-order chi connectivity index (χ0) is 13.3. The lowest BCUT2D eigenvalue weighted by atomic mass is 10.1. The Morgan fingerprint density at radius 2 is 2.11 bits per heavy atom. The fraction of sp³-hybridized carbons (Fsp3) is 0.308. The quantitative estimate of drug-likeness (QED) is 0.828. The Morgan fingerprint density at radius 3 is 2.72 bits per heavy atom. The Bertz CT molecular complexity index is 565. The van der Waals surface area contributed by atoms with Crippen molar-refractivity contribution < 1.29 is 0 Å². The van der Waals surface area contributed by atoms with E-state index in [0.717, 1.165) is 32.1 Å². The van der Waals surface area contributed by atoms with Gasteiger partial charge in [-0.1, -0.05) is 0 Å². The Morgan fingerprint density at radius 1 is 1.39 bits per heavy atom. The van der Waals surface area contributed by atoms with Gasteiger partial charge in [-0.05, 0) is 54.4 Å². The third-order valence-corrected chi connectivity index (χ3v) is 4.54. The van der Waals surface area contributed by atoms with Gasteiger partial charge in [0.2, 0.25) is 0 Å². The molecule has 1 unspecified atom stereocenters. The molecule has 3 nitrogen and oxygen atoms in total. The second kappa shape index (κ2) is 5.28. The molecule has 2 rings (SSSR count). The van der Waals surface area contributed by atoms with Gasteiger partial charge in [0.1, 0.15) is 5.01 Å². The molecule has 18 heavy (non-hydrogen) atoms. The molecular formula is C13H16BrN3S. The average Bonchev–Trinajstić information content (AvgIpc) is 2.73. The summed E-state index contributed by atoms with van der Waals surface area (Å²) in [6, 6.07) is 4.16. The van der Waals surface area contributed by atoms with E-state index in [4.69, 9.17) is 5.73 Å². The number of benzene rings is 1. The summed E-state index contributed by atoms with van der Waals surface area (Å²) in [5, 5.41) is 6.61. The van der Waals surface area contributed by atoms with E-state index in [0.29, 0.717) is 0 Å². The third kappa shape index (κ3) is 2.84. The van der Waals surface area contributed by atoms with Crippen molar-refractivity contribution in [3.8, 4) is 0 Å². The highest BCUT2D eigenvalue weighted by molar-refractivity contribution is 9.10. The Labute approximate surface area is 120 Å². The van der Waals surface area contributed by atoms with Crippen LogP contribution in [0.4, 0.5) is 11.4 Å². The van der Waals surface area contributed by atoms with Crippen molar-refractivity contribution in [2.75, 3.05) is 11.1 Å². The summed E-state index contributed by atoms with van der Waals surface area (Å²) in [6.07, 6.45) is 0. The second-order valence-corrected chi connectivity index (χ2v) is 6.13. The molecule has 0 aliphatic carbocycles. The van der Waals surface area contributed by atoms with Crippen LogP contribution in [0.15, 0.2) is 22.0 Å². The summed E-state index contributed by atoms with van der Waals surface area (Å²) < 4.78 is 0.978. The number of nitrogens with one attached hydrogen (secondary N) is 1. The minimum absolute atomic E-state index is 0.183. The van der Waals surface area contributed by atoms with Gasteiger partial charge in [0.15, 0.2) is 0 Å². The molecule has 0 aliphatic rings. The molecule has 0 amide bonds. The summed E-state index contributed by atoms with van der Waals surface area (Å²) >= 11 is 5.20. The number of hydrogen-bond acceptors (Lipinski definition) is 4. The maximum atomic E-state index is 5.87. The molecule has 2 aromatic rings. The van der Waals surface area contributed by atoms with Crippen molar-refractivity contribution in [3.05, 3.63) is 38.3 Å². The van der Waals surface area contributed by atoms with Gasteiger partial charge >= 0.3 is 0 Å². The predicted molar refractivity (Wildman–Crippen MR) is 82.2 cm³/mol. The fourth-order valence-corrected chi connectivity index (χ4v) is 2.95. The molecule has 1 atom stereocenters. The first-order valence-electron chi connectivity index (χ1n) is 5.71. The normalized spacial score (nSPS) is 12.4. The fourth-order valence-electron chi connectivity index (χ4n) is 1.67. The smallest absolute Gasteiger partial charge is 0.115 e. The minimum Gasteiger partial charge on any atom is -0.398 e. The first-order valence-corrected chi connectivity index (χ1v) is 7.39. The topological polar surface area (TPSA) is 50.9 Å². The van der Waals surface area contributed by atoms with Gasteiger partial charge in [0.25, 0.3) is 0 Å². The number of nitrogens with zero attached hydrogens (tertiary/aromatic N) is 1. The summed E-state index contributed by atoms with van der Waals surface area (Å²) in [6.45, 7) is 6.12. The van der Waals surface area contributed by atoms with Crippen LogP contribution in [0.2, 0.25) is 0 Å². The number of anilines is 2. The molecule has 1 aromatic carbocycles. The van der Waals surface area contributed by atoms with Crippen LogP contribution >= 0.6 is 27.3 Å². The lowest BCUT2D eigenvalue weighted by Gasteiger charge is -2.15. The number of aryl methyl sites for hydroxylation is 2. The highest BCUT2D eigenvalue weighted by atomic mass is 79.9. The molecule has 0 aliphatic heterocycles. The molecule has 1 aromatic heterocycles. The summed E-state index contributed by atoms with van der Waals surface area (Å²) in [5.74, 6) is 0. The zero-order valence-electron chi connectivity index (χ0n) is 10.6. The largest absolute Gasteiger partial charge is 0.398 e. The van der Waals surface area contributed by atoms with Gasteiger partial charge in [-0.25, -0.2) is 4.98 Å². The van der Waals surface area contributed by atoms with Crippen molar-refractivity contribution in [2.24, 2.45) is 0 Å². The average molecular weight is 326 g/mol. The molecule has 0 saturated carbocycles. The van der Waals surface area contributed by atoms with E-state index >= 15 is 0 Å². The van der Waals surface area contributed by atoms with Crippen LogP contribution in [0.1, 0.15) is 29.2 Å². The molecule has 1 heterocycles. The number of hydrogen-bond donors (Lipinski definition) is 2. The summed E-state index contributed by atoms with van der Waals surface area (Å²) in [4.78, 5) is 4.49. The summed E-state index contributed by atoms with van der Waals surface area (Å²) in [5.41, 5.74) is 9.85. The van der Waals surface area contributed by atoms with Crippen LogP contribution in [0.3, 0.4) is 0 Å². The Balaban J connectivity index is 2.21. The van der Waals surface area contributed by atoms with Gasteiger partial charge in [-0.15, -0.1) is 11.3 Å². The first-order chi connectivity index (χ1) is 8.47. The van der Waals surface area contributed by atoms with Gasteiger partial charge in [0, 0.05) is 26.9 Å². The van der Waals surface area contributed by atoms with Crippen LogP contribution in [-0.2, 0) is 0 Å². The van der Waals surface area contributed by atoms with Crippen LogP contribution in [-0.4, -0.2) is 4.98 Å². The maximum Gasteiger partial charge on any atom is 0.115 e. The van der Waals surface area contributed by atoms with Gasteiger partial charge < -0.3 is 11.1 Å². The lowest BCUT2D eigenvalue weighted by molar-refractivity contribution is 0.863. The van der Waals surface area contributed by atoms with E-state index in [1.807, 2.05) is 19.9 Å². The van der Waals surface area contributed by atoms with E-state index in [9.17, 15) is 0 Å². The van der Waals surface area contributed by atoms with Gasteiger partial charge in [-0.3, -0.25) is 0 Å². The Hall–Kier alpha value is -1.07. The second-order valence-electron chi connectivity index (χ2n) is 4.38. The van der Waals surface area contributed by atoms with E-state index in [1.165, 1.54) is 0 Å². The molecule has 5 heteroatoms. The number of nitrogen functional groups attached to an aromatic ring is 1. The molecule has 0 bridgehead atoms. The molecular weight excluding hydrogens is 310 g/mol. The maximum absolute atomic E-state index is 5.87. The molecule has 0 radical (unpaired) electrons. The van der Waals surface area contributed by atoms with Crippen molar-refractivity contribution in [3.63, 3.8) is 0 Å². The number of nitrogens with two attached hydrogens (primary N) is 1. The SMILES string of the molecule is Cc1csc(C(C)Nc2cc(C)c(N)cc2Br)n1. The number of aromatic nitrogens is 1. The van der Waals surface area contributed by atoms with E-state index in [-0.39, 0.29) is 6.04 Å². The van der Waals surface area contributed by atoms with Crippen molar-refractivity contribution >= 4 is 38.6 Å². The zero-order valence-corrected chi connectivity index (χ0v) is 13.0. The standard InChI is InChI=1S/C13H16BrN3S/c1-7-4-12(10(14)5-11(7)15)17-9(3)13-16-8(2)6-18-13/h4-6,9,17H,15H2,1-3H3. The first kappa shape index (κ1) is 13.4. The predicted octanol–water partition coefficient (Wildman–Crippen LogP) is 4.28. The molecule has 0 saturated heterocycles. The van der Waals surface area contributed by atoms with E-state index in [1.54, 1.807) is 11.3 Å². The van der Waals surface area contributed by atoms with Crippen molar-refractivity contribution in [2.45, 2.75) is 26.8 Å².